The van der Waals surface area contributed by atoms with Crippen molar-refractivity contribution in [3.8, 4) is 0 Å². The lowest BCUT2D eigenvalue weighted by atomic mass is 9.93. The molecule has 1 saturated heterocycles. The van der Waals surface area contributed by atoms with Crippen LogP contribution in [-0.2, 0) is 16.2 Å². The Bertz CT molecular complexity index is 1480. The molecule has 7 nitrogen and oxygen atoms in total. The van der Waals surface area contributed by atoms with Crippen molar-refractivity contribution >= 4 is 43.8 Å². The number of alkyl halides is 3. The summed E-state index contributed by atoms with van der Waals surface area (Å²) >= 11 is 0. The molecule has 5 rings (SSSR count). The Hall–Kier alpha value is -3.31. The fourth-order valence-corrected chi connectivity index (χ4v) is 5.89. The molecule has 0 unspecified atom stereocenters. The highest BCUT2D eigenvalue weighted by Crippen LogP contribution is 2.54. The van der Waals surface area contributed by atoms with Crippen LogP contribution in [0.5, 0.6) is 0 Å². The van der Waals surface area contributed by atoms with Gasteiger partial charge in [0.25, 0.3) is 5.91 Å². The lowest BCUT2D eigenvalue weighted by Crippen LogP contribution is -2.35. The number of halogens is 3. The van der Waals surface area contributed by atoms with Crippen molar-refractivity contribution < 1.29 is 31.5 Å². The predicted octanol–water partition coefficient (Wildman–Crippen LogP) is 5.23. The molecule has 1 aliphatic carbocycles. The summed E-state index contributed by atoms with van der Waals surface area (Å²) in [6.07, 6.45) is -0.103. The van der Waals surface area contributed by atoms with Crippen molar-refractivity contribution in [3.05, 3.63) is 65.7 Å². The Labute approximate surface area is 218 Å². The monoisotopic (exact) mass is 547 g/mol. The van der Waals surface area contributed by atoms with Crippen LogP contribution in [0.15, 0.2) is 54.6 Å². The maximum Gasteiger partial charge on any atom is 0.416 e. The van der Waals surface area contributed by atoms with Gasteiger partial charge in [-0.05, 0) is 72.9 Å². The summed E-state index contributed by atoms with van der Waals surface area (Å²) in [5.41, 5.74) is 1.16. The van der Waals surface area contributed by atoms with Gasteiger partial charge < -0.3 is 15.3 Å². The molecule has 0 aromatic heterocycles. The van der Waals surface area contributed by atoms with E-state index in [9.17, 15) is 26.4 Å². The molecule has 2 fully saturated rings. The van der Waals surface area contributed by atoms with Crippen LogP contribution in [0.25, 0.3) is 10.8 Å². The van der Waals surface area contributed by atoms with E-state index >= 15 is 0 Å². The lowest BCUT2D eigenvalue weighted by molar-refractivity contribution is -0.137. The number of rotatable bonds is 7. The van der Waals surface area contributed by atoms with Crippen LogP contribution in [0.4, 0.5) is 30.2 Å². The molecule has 2 aliphatic rings. The molecule has 1 amide bonds. The van der Waals surface area contributed by atoms with Crippen LogP contribution in [0, 0.1) is 5.41 Å². The Morgan fingerprint density at radius 3 is 2.39 bits per heavy atom. The number of nitrogens with zero attached hydrogens (tertiary/aromatic N) is 1. The number of sulfonamides is 1. The van der Waals surface area contributed by atoms with Crippen molar-refractivity contribution in [1.29, 1.82) is 0 Å². The summed E-state index contributed by atoms with van der Waals surface area (Å²) in [4.78, 5) is 15.6. The number of aliphatic hydroxyl groups excluding tert-OH is 1. The molecule has 1 aliphatic heterocycles. The molecule has 0 atom stereocenters. The van der Waals surface area contributed by atoms with Crippen LogP contribution in [0.3, 0.4) is 0 Å². The Morgan fingerprint density at radius 2 is 1.74 bits per heavy atom. The number of benzene rings is 3. The van der Waals surface area contributed by atoms with E-state index in [1.54, 1.807) is 24.3 Å². The van der Waals surface area contributed by atoms with Crippen molar-refractivity contribution in [2.45, 2.75) is 31.9 Å². The number of fused-ring (bicyclic) bond motifs is 1. The minimum absolute atomic E-state index is 0.279. The van der Waals surface area contributed by atoms with Gasteiger partial charge in [-0.2, -0.15) is 13.2 Å². The number of aliphatic hydroxyl groups is 1. The molecule has 0 radical (unpaired) electrons. The average Bonchev–Trinajstić information content (AvgIpc) is 3.62. The minimum Gasteiger partial charge on any atom is -0.395 e. The molecule has 202 valence electrons. The molecule has 1 saturated carbocycles. The van der Waals surface area contributed by atoms with E-state index in [1.165, 1.54) is 31.0 Å². The first-order chi connectivity index (χ1) is 18.0. The number of nitrogens with one attached hydrogen (secondary N) is 2. The third-order valence-electron chi connectivity index (χ3n) is 7.45. The predicted molar refractivity (Wildman–Crippen MR) is 141 cm³/mol. The second-order valence-corrected chi connectivity index (χ2v) is 11.9. The van der Waals surface area contributed by atoms with E-state index < -0.39 is 40.0 Å². The van der Waals surface area contributed by atoms with Crippen molar-refractivity contribution in [3.63, 3.8) is 0 Å². The third kappa shape index (κ3) is 5.58. The average molecular weight is 548 g/mol. The summed E-state index contributed by atoms with van der Waals surface area (Å²) in [6.45, 7) is 0.926. The second kappa shape index (κ2) is 9.77. The smallest absolute Gasteiger partial charge is 0.395 e. The van der Waals surface area contributed by atoms with Crippen LogP contribution in [0.2, 0.25) is 0 Å². The third-order valence-corrected chi connectivity index (χ3v) is 8.72. The zero-order valence-electron chi connectivity index (χ0n) is 20.5. The largest absolute Gasteiger partial charge is 0.416 e. The van der Waals surface area contributed by atoms with E-state index in [0.29, 0.717) is 33.1 Å². The quantitative estimate of drug-likeness (QED) is 0.377. The first-order valence-electron chi connectivity index (χ1n) is 12.4. The molecule has 0 bridgehead atoms. The van der Waals surface area contributed by atoms with E-state index in [4.69, 9.17) is 5.11 Å². The number of carbonyl (C=O) groups excluding carboxylic acids is 1. The number of carbonyl (C=O) groups is 1. The van der Waals surface area contributed by atoms with Crippen LogP contribution in [-0.4, -0.2) is 44.9 Å². The topological polar surface area (TPSA) is 98.7 Å². The molecule has 11 heteroatoms. The van der Waals surface area contributed by atoms with Crippen LogP contribution >= 0.6 is 0 Å². The molecular weight excluding hydrogens is 519 g/mol. The number of hydrogen-bond acceptors (Lipinski definition) is 5. The fourth-order valence-electron chi connectivity index (χ4n) is 5.06. The molecule has 1 heterocycles. The summed E-state index contributed by atoms with van der Waals surface area (Å²) < 4.78 is 66.4. The van der Waals surface area contributed by atoms with Gasteiger partial charge in [0.1, 0.15) is 0 Å². The van der Waals surface area contributed by atoms with Crippen LogP contribution < -0.4 is 14.9 Å². The molecule has 3 N–H and O–H groups in total. The van der Waals surface area contributed by atoms with E-state index in [2.05, 4.69) is 14.9 Å². The van der Waals surface area contributed by atoms with Gasteiger partial charge >= 0.3 is 6.18 Å². The highest BCUT2D eigenvalue weighted by molar-refractivity contribution is 7.92. The number of amides is 1. The van der Waals surface area contributed by atoms with Crippen molar-refractivity contribution in [1.82, 2.24) is 0 Å². The molecule has 3 aromatic carbocycles. The number of anilines is 3. The first kappa shape index (κ1) is 26.3. The maximum atomic E-state index is 13.5. The minimum atomic E-state index is -4.48. The standard InChI is InChI=1S/C27H28F3N3O4S/c28-27(29,30)19-4-6-21-18(16-19)2-1-3-23(21)31-25(35)22-7-5-20(32-38(36,37)15-14-34)17-24(22)33-12-10-26(8-9-26)11-13-33/h1-7,16-17,32,34H,8-15H2,(H,31,35). The summed E-state index contributed by atoms with van der Waals surface area (Å²) in [5.74, 6) is -0.905. The zero-order valence-corrected chi connectivity index (χ0v) is 21.3. The molecule has 3 aromatic rings. The van der Waals surface area contributed by atoms with Gasteiger partial charge in [0, 0.05) is 24.2 Å². The van der Waals surface area contributed by atoms with Crippen LogP contribution in [0.1, 0.15) is 41.6 Å². The van der Waals surface area contributed by atoms with Gasteiger partial charge in [-0.1, -0.05) is 18.2 Å². The van der Waals surface area contributed by atoms with Gasteiger partial charge in [0.2, 0.25) is 10.0 Å². The zero-order chi connectivity index (χ0) is 27.1. The van der Waals surface area contributed by atoms with E-state index in [1.807, 2.05) is 0 Å². The van der Waals surface area contributed by atoms with Crippen molar-refractivity contribution in [2.24, 2.45) is 5.41 Å². The summed E-state index contributed by atoms with van der Waals surface area (Å²) in [6, 6.07) is 12.8. The normalized spacial score (nSPS) is 17.0. The van der Waals surface area contributed by atoms with Crippen molar-refractivity contribution in [2.75, 3.05) is 40.4 Å². The number of hydrogen-bond donors (Lipinski definition) is 3. The Balaban J connectivity index is 1.46. The highest BCUT2D eigenvalue weighted by Gasteiger charge is 2.44. The second-order valence-electron chi connectivity index (χ2n) is 10.1. The Morgan fingerprint density at radius 1 is 1.00 bits per heavy atom. The SMILES string of the molecule is O=C(Nc1cccc2cc(C(F)(F)F)ccc12)c1ccc(NS(=O)(=O)CCO)cc1N1CCC2(CC1)CC2. The van der Waals surface area contributed by atoms with E-state index in [-0.39, 0.29) is 5.69 Å². The Kier molecular flexibility index (Phi) is 6.77. The van der Waals surface area contributed by atoms with Gasteiger partial charge in [-0.15, -0.1) is 0 Å². The van der Waals surface area contributed by atoms with Gasteiger partial charge in [-0.25, -0.2) is 8.42 Å². The van der Waals surface area contributed by atoms with E-state index in [0.717, 1.165) is 38.1 Å². The highest BCUT2D eigenvalue weighted by atomic mass is 32.2. The summed E-state index contributed by atoms with van der Waals surface area (Å²) in [7, 11) is -3.76. The van der Waals surface area contributed by atoms with Gasteiger partial charge in [0.05, 0.1) is 34.9 Å². The maximum absolute atomic E-state index is 13.5. The molecular formula is C27H28F3N3O4S. The lowest BCUT2D eigenvalue weighted by Gasteiger charge is -2.35. The van der Waals surface area contributed by atoms with Gasteiger partial charge in [-0.3, -0.25) is 9.52 Å². The fraction of sp³-hybridized carbons (Fsp3) is 0.370. The first-order valence-corrected chi connectivity index (χ1v) is 14.1. The summed E-state index contributed by atoms with van der Waals surface area (Å²) in [5, 5.41) is 12.7. The molecule has 38 heavy (non-hydrogen) atoms. The molecule has 1 spiro atoms. The van der Waals surface area contributed by atoms with Gasteiger partial charge in [0.15, 0.2) is 0 Å². The number of piperidine rings is 1.